The minimum Gasteiger partial charge on any atom is -0.0620 e. The molecule has 0 heteroatoms. The zero-order valence-corrected chi connectivity index (χ0v) is 7.83. The standard InChI is InChI=1S/C14H12/c1-2-6-12-10-14-8-4-3-7-13(14)9-11(12)5-1/h1-8H,9-10H2/i9D2. The van der Waals surface area contributed by atoms with Crippen molar-refractivity contribution in [2.45, 2.75) is 12.8 Å². The van der Waals surface area contributed by atoms with Crippen molar-refractivity contribution in [3.8, 4) is 0 Å². The summed E-state index contributed by atoms with van der Waals surface area (Å²) in [5.41, 5.74) is 3.83. The summed E-state index contributed by atoms with van der Waals surface area (Å²) in [6.45, 7) is 0. The quantitative estimate of drug-likeness (QED) is 0.587. The maximum atomic E-state index is 8.26. The Morgan fingerprint density at radius 1 is 0.714 bits per heavy atom. The Balaban J connectivity index is 2.28. The van der Waals surface area contributed by atoms with Gasteiger partial charge in [-0.2, -0.15) is 0 Å². The molecule has 14 heavy (non-hydrogen) atoms. The van der Waals surface area contributed by atoms with E-state index < -0.39 is 6.37 Å². The molecule has 3 rings (SSSR count). The molecule has 0 aromatic heterocycles. The van der Waals surface area contributed by atoms with E-state index in [9.17, 15) is 0 Å². The fourth-order valence-corrected chi connectivity index (χ4v) is 1.94. The molecule has 0 bridgehead atoms. The highest BCUT2D eigenvalue weighted by Gasteiger charge is 2.12. The van der Waals surface area contributed by atoms with E-state index in [4.69, 9.17) is 2.74 Å². The summed E-state index contributed by atoms with van der Waals surface area (Å²) in [5.74, 6) is 0. The lowest BCUT2D eigenvalue weighted by molar-refractivity contribution is 1.00. The van der Waals surface area contributed by atoms with Crippen LogP contribution in [0.4, 0.5) is 0 Å². The summed E-state index contributed by atoms with van der Waals surface area (Å²) < 4.78 is 16.5. The molecule has 0 atom stereocenters. The van der Waals surface area contributed by atoms with E-state index in [1.807, 2.05) is 48.5 Å². The fraction of sp³-hybridized carbons (Fsp3) is 0.143. The van der Waals surface area contributed by atoms with Crippen LogP contribution in [0.3, 0.4) is 0 Å². The first-order valence-corrected chi connectivity index (χ1v) is 4.86. The summed E-state index contributed by atoms with van der Waals surface area (Å²) in [6.07, 6.45) is -0.517. The van der Waals surface area contributed by atoms with E-state index >= 15 is 0 Å². The molecule has 0 unspecified atom stereocenters. The van der Waals surface area contributed by atoms with E-state index in [1.54, 1.807) is 0 Å². The summed E-state index contributed by atoms with van der Waals surface area (Å²) in [4.78, 5) is 0. The van der Waals surface area contributed by atoms with Crippen LogP contribution < -0.4 is 0 Å². The molecule has 2 aromatic rings. The Kier molecular flexibility index (Phi) is 1.28. The van der Waals surface area contributed by atoms with Crippen molar-refractivity contribution in [1.82, 2.24) is 0 Å². The van der Waals surface area contributed by atoms with E-state index in [0.29, 0.717) is 0 Å². The van der Waals surface area contributed by atoms with Crippen LogP contribution in [0.2, 0.25) is 0 Å². The Bertz CT molecular complexity index is 496. The molecule has 0 N–H and O–H groups in total. The van der Waals surface area contributed by atoms with Gasteiger partial charge in [0, 0.05) is 2.74 Å². The minimum atomic E-state index is -1.36. The molecule has 0 fully saturated rings. The third-order valence-electron chi connectivity index (χ3n) is 2.68. The molecule has 0 heterocycles. The maximum absolute atomic E-state index is 8.26. The van der Waals surface area contributed by atoms with Crippen LogP contribution in [0, 0.1) is 0 Å². The normalized spacial score (nSPS) is 18.9. The Morgan fingerprint density at radius 2 is 1.14 bits per heavy atom. The number of hydrogen-bond donors (Lipinski definition) is 0. The Morgan fingerprint density at radius 3 is 1.64 bits per heavy atom. The summed E-state index contributed by atoms with van der Waals surface area (Å²) in [5, 5.41) is 0. The van der Waals surface area contributed by atoms with Crippen molar-refractivity contribution in [3.05, 3.63) is 70.8 Å². The van der Waals surface area contributed by atoms with Crippen molar-refractivity contribution in [2.24, 2.45) is 0 Å². The Hall–Kier alpha value is -1.56. The average Bonchev–Trinajstić information content (AvgIpc) is 2.29. The summed E-state index contributed by atoms with van der Waals surface area (Å²) in [6, 6.07) is 15.6. The first kappa shape index (κ1) is 6.02. The van der Waals surface area contributed by atoms with Gasteiger partial charge in [0.25, 0.3) is 0 Å². The van der Waals surface area contributed by atoms with Crippen molar-refractivity contribution >= 4 is 0 Å². The van der Waals surface area contributed by atoms with Gasteiger partial charge < -0.3 is 0 Å². The molecule has 2 aromatic carbocycles. The largest absolute Gasteiger partial charge is 0.0620 e. The number of hydrogen-bond acceptors (Lipinski definition) is 0. The number of fused-ring (bicyclic) bond motifs is 2. The third-order valence-corrected chi connectivity index (χ3v) is 2.68. The molecule has 68 valence electrons. The van der Waals surface area contributed by atoms with Crippen molar-refractivity contribution < 1.29 is 2.74 Å². The third kappa shape index (κ3) is 1.15. The number of benzene rings is 2. The lowest BCUT2D eigenvalue weighted by Gasteiger charge is -2.18. The monoisotopic (exact) mass is 182 g/mol. The van der Waals surface area contributed by atoms with Crippen LogP contribution in [-0.2, 0) is 12.8 Å². The smallest absolute Gasteiger partial charge is 0.0366 e. The topological polar surface area (TPSA) is 0 Å². The van der Waals surface area contributed by atoms with Gasteiger partial charge in [0.2, 0.25) is 0 Å². The van der Waals surface area contributed by atoms with Crippen LogP contribution >= 0.6 is 0 Å². The van der Waals surface area contributed by atoms with Gasteiger partial charge in [0.05, 0.1) is 0 Å². The van der Waals surface area contributed by atoms with Crippen LogP contribution in [0.1, 0.15) is 25.0 Å². The van der Waals surface area contributed by atoms with E-state index in [2.05, 4.69) is 0 Å². The molecule has 1 aliphatic rings. The molecule has 0 saturated carbocycles. The van der Waals surface area contributed by atoms with Crippen molar-refractivity contribution in [2.75, 3.05) is 0 Å². The Labute approximate surface area is 87.0 Å². The molecular formula is C14H12. The molecule has 0 aliphatic heterocycles. The second-order valence-corrected chi connectivity index (χ2v) is 3.62. The van der Waals surface area contributed by atoms with Crippen LogP contribution in [0.25, 0.3) is 0 Å². The second-order valence-electron chi connectivity index (χ2n) is 3.62. The van der Waals surface area contributed by atoms with E-state index in [1.165, 1.54) is 0 Å². The molecular weight excluding hydrogens is 168 g/mol. The predicted molar refractivity (Wildman–Crippen MR) is 58.5 cm³/mol. The zero-order valence-electron chi connectivity index (χ0n) is 9.83. The van der Waals surface area contributed by atoms with Crippen molar-refractivity contribution in [1.29, 1.82) is 0 Å². The first-order valence-electron chi connectivity index (χ1n) is 5.86. The van der Waals surface area contributed by atoms with Crippen LogP contribution in [-0.4, -0.2) is 0 Å². The minimum absolute atomic E-state index is 0.814. The number of rotatable bonds is 0. The van der Waals surface area contributed by atoms with E-state index in [0.717, 1.165) is 28.7 Å². The molecule has 0 saturated heterocycles. The van der Waals surface area contributed by atoms with Crippen molar-refractivity contribution in [3.63, 3.8) is 0 Å². The van der Waals surface area contributed by atoms with Crippen LogP contribution in [0.5, 0.6) is 0 Å². The van der Waals surface area contributed by atoms with Gasteiger partial charge in [-0.25, -0.2) is 0 Å². The van der Waals surface area contributed by atoms with E-state index in [-0.39, 0.29) is 0 Å². The lowest BCUT2D eigenvalue weighted by Crippen LogP contribution is -2.06. The maximum Gasteiger partial charge on any atom is 0.0366 e. The van der Waals surface area contributed by atoms with Gasteiger partial charge in [-0.3, -0.25) is 0 Å². The second kappa shape index (κ2) is 2.98. The summed E-state index contributed by atoms with van der Waals surface area (Å²) in [7, 11) is 0. The molecule has 0 amide bonds. The predicted octanol–water partition coefficient (Wildman–Crippen LogP) is 3.18. The molecule has 0 spiro atoms. The SMILES string of the molecule is [2H]C1([2H])c2ccccc2Cc2ccccc21. The highest BCUT2D eigenvalue weighted by Crippen LogP contribution is 2.26. The van der Waals surface area contributed by atoms with Gasteiger partial charge in [-0.05, 0) is 35.0 Å². The summed E-state index contributed by atoms with van der Waals surface area (Å²) >= 11 is 0. The van der Waals surface area contributed by atoms with Gasteiger partial charge in [0.1, 0.15) is 0 Å². The highest BCUT2D eigenvalue weighted by molar-refractivity contribution is 5.44. The average molecular weight is 182 g/mol. The molecule has 1 aliphatic carbocycles. The molecule has 0 radical (unpaired) electrons. The van der Waals surface area contributed by atoms with Gasteiger partial charge in [-0.1, -0.05) is 48.5 Å². The van der Waals surface area contributed by atoms with Gasteiger partial charge in [0.15, 0.2) is 0 Å². The van der Waals surface area contributed by atoms with Gasteiger partial charge in [-0.15, -0.1) is 0 Å². The lowest BCUT2D eigenvalue weighted by atomic mass is 9.86. The highest BCUT2D eigenvalue weighted by atomic mass is 14.2. The van der Waals surface area contributed by atoms with Crippen LogP contribution in [0.15, 0.2) is 48.5 Å². The molecule has 0 nitrogen and oxygen atoms in total. The zero-order chi connectivity index (χ0) is 11.2. The fourth-order valence-electron chi connectivity index (χ4n) is 1.94. The first-order chi connectivity index (χ1) is 7.69. The van der Waals surface area contributed by atoms with Gasteiger partial charge >= 0.3 is 0 Å².